The predicted molar refractivity (Wildman–Crippen MR) is 56.9 cm³/mol. The van der Waals surface area contributed by atoms with E-state index < -0.39 is 5.97 Å². The molecular weight excluding hydrogens is 196 g/mol. The minimum Gasteiger partial charge on any atom is -0.481 e. The van der Waals surface area contributed by atoms with Crippen LogP contribution in [0, 0.1) is 0 Å². The van der Waals surface area contributed by atoms with Gasteiger partial charge in [0.2, 0.25) is 0 Å². The van der Waals surface area contributed by atoms with Gasteiger partial charge in [-0.3, -0.25) is 4.79 Å². The summed E-state index contributed by atoms with van der Waals surface area (Å²) in [5, 5.41) is 10.8. The van der Waals surface area contributed by atoms with E-state index in [1.165, 1.54) is 23.3 Å². The molecule has 76 valence electrons. The van der Waals surface area contributed by atoms with Crippen molar-refractivity contribution >= 4 is 17.3 Å². The van der Waals surface area contributed by atoms with Crippen LogP contribution in [0.1, 0.15) is 42.0 Å². The van der Waals surface area contributed by atoms with E-state index in [-0.39, 0.29) is 0 Å². The van der Waals surface area contributed by atoms with Gasteiger partial charge in [-0.15, -0.1) is 11.3 Å². The molecule has 14 heavy (non-hydrogen) atoms. The predicted octanol–water partition coefficient (Wildman–Crippen LogP) is 3.03. The molecule has 1 heterocycles. The van der Waals surface area contributed by atoms with Gasteiger partial charge in [-0.25, -0.2) is 0 Å². The largest absolute Gasteiger partial charge is 0.481 e. The van der Waals surface area contributed by atoms with Crippen LogP contribution < -0.4 is 0 Å². The van der Waals surface area contributed by atoms with Gasteiger partial charge in [0.25, 0.3) is 0 Å². The first-order valence-corrected chi connectivity index (χ1v) is 5.93. The topological polar surface area (TPSA) is 37.3 Å². The highest BCUT2D eigenvalue weighted by Crippen LogP contribution is 2.37. The highest BCUT2D eigenvalue weighted by atomic mass is 32.1. The van der Waals surface area contributed by atoms with E-state index in [2.05, 4.69) is 11.4 Å². The smallest absolute Gasteiger partial charge is 0.303 e. The van der Waals surface area contributed by atoms with E-state index >= 15 is 0 Å². The minimum atomic E-state index is -0.674. The fraction of sp³-hybridized carbons (Fsp3) is 0.545. The summed E-state index contributed by atoms with van der Waals surface area (Å²) in [5.41, 5.74) is 1.42. The number of carboxylic acids is 1. The van der Waals surface area contributed by atoms with Crippen LogP contribution in [0.4, 0.5) is 0 Å². The molecule has 3 heteroatoms. The molecule has 1 unspecified atom stereocenters. The molecule has 1 atom stereocenters. The maximum Gasteiger partial charge on any atom is 0.303 e. The van der Waals surface area contributed by atoms with E-state index in [1.54, 1.807) is 0 Å². The number of hydrogen-bond donors (Lipinski definition) is 1. The van der Waals surface area contributed by atoms with Crippen LogP contribution in [0.2, 0.25) is 0 Å². The number of aliphatic carboxylic acids is 1. The van der Waals surface area contributed by atoms with Crippen molar-refractivity contribution in [3.8, 4) is 0 Å². The molecule has 0 fully saturated rings. The maximum absolute atomic E-state index is 10.5. The Morgan fingerprint density at radius 3 is 3.29 bits per heavy atom. The van der Waals surface area contributed by atoms with Crippen LogP contribution in [0.5, 0.6) is 0 Å². The van der Waals surface area contributed by atoms with Gasteiger partial charge in [-0.1, -0.05) is 0 Å². The summed E-state index contributed by atoms with van der Waals surface area (Å²) in [7, 11) is 0. The van der Waals surface area contributed by atoms with Gasteiger partial charge in [0, 0.05) is 11.3 Å². The van der Waals surface area contributed by atoms with Crippen molar-refractivity contribution in [3.05, 3.63) is 21.9 Å². The Morgan fingerprint density at radius 1 is 1.64 bits per heavy atom. The van der Waals surface area contributed by atoms with Crippen LogP contribution in [0.3, 0.4) is 0 Å². The van der Waals surface area contributed by atoms with Crippen molar-refractivity contribution in [2.24, 2.45) is 0 Å². The van der Waals surface area contributed by atoms with Crippen molar-refractivity contribution in [2.75, 3.05) is 0 Å². The van der Waals surface area contributed by atoms with Crippen molar-refractivity contribution < 1.29 is 9.90 Å². The zero-order chi connectivity index (χ0) is 9.97. The van der Waals surface area contributed by atoms with E-state index in [0.29, 0.717) is 12.3 Å². The highest BCUT2D eigenvalue weighted by Gasteiger charge is 2.21. The number of carbonyl (C=O) groups is 1. The lowest BCUT2D eigenvalue weighted by Crippen LogP contribution is -2.09. The fourth-order valence-corrected chi connectivity index (χ4v) is 3.19. The molecule has 1 aromatic rings. The van der Waals surface area contributed by atoms with Crippen LogP contribution in [0.25, 0.3) is 0 Å². The third-order valence-corrected chi connectivity index (χ3v) is 3.88. The fourth-order valence-electron chi connectivity index (χ4n) is 2.18. The molecule has 0 saturated heterocycles. The number of rotatable bonds is 3. The summed E-state index contributed by atoms with van der Waals surface area (Å²) in [4.78, 5) is 12.0. The van der Waals surface area contributed by atoms with Crippen molar-refractivity contribution in [2.45, 2.75) is 38.0 Å². The van der Waals surface area contributed by atoms with Crippen LogP contribution in [-0.2, 0) is 11.2 Å². The summed E-state index contributed by atoms with van der Waals surface area (Å²) >= 11 is 1.82. The molecule has 0 radical (unpaired) electrons. The van der Waals surface area contributed by atoms with Gasteiger partial charge < -0.3 is 5.11 Å². The van der Waals surface area contributed by atoms with E-state index in [9.17, 15) is 4.79 Å². The summed E-state index contributed by atoms with van der Waals surface area (Å²) < 4.78 is 0. The van der Waals surface area contributed by atoms with Crippen molar-refractivity contribution in [1.29, 1.82) is 0 Å². The van der Waals surface area contributed by atoms with Crippen molar-refractivity contribution in [1.82, 2.24) is 0 Å². The third kappa shape index (κ3) is 1.98. The molecule has 1 aromatic heterocycles. The van der Waals surface area contributed by atoms with Crippen molar-refractivity contribution in [3.63, 3.8) is 0 Å². The number of hydrogen-bond acceptors (Lipinski definition) is 2. The molecule has 1 aliphatic carbocycles. The third-order valence-electron chi connectivity index (χ3n) is 2.88. The summed E-state index contributed by atoms with van der Waals surface area (Å²) in [6.07, 6.45) is 4.68. The standard InChI is InChI=1S/C11H14O2S/c12-11(13)5-4-8-2-1-3-10-9(8)6-7-14-10/h6-8H,1-5H2,(H,12,13). The molecular formula is C11H14O2S. The molecule has 2 nitrogen and oxygen atoms in total. The first kappa shape index (κ1) is 9.71. The molecule has 0 aliphatic heterocycles. The summed E-state index contributed by atoms with van der Waals surface area (Å²) in [6, 6.07) is 2.17. The molecule has 0 spiro atoms. The Morgan fingerprint density at radius 2 is 2.50 bits per heavy atom. The highest BCUT2D eigenvalue weighted by molar-refractivity contribution is 7.10. The zero-order valence-corrected chi connectivity index (χ0v) is 8.85. The molecule has 1 aliphatic rings. The van der Waals surface area contributed by atoms with Gasteiger partial charge >= 0.3 is 5.97 Å². The molecule has 0 amide bonds. The normalized spacial score (nSPS) is 20.4. The van der Waals surface area contributed by atoms with Crippen LogP contribution in [0.15, 0.2) is 11.4 Å². The molecule has 0 saturated carbocycles. The first-order chi connectivity index (χ1) is 6.77. The maximum atomic E-state index is 10.5. The van der Waals surface area contributed by atoms with E-state index in [0.717, 1.165) is 12.8 Å². The minimum absolute atomic E-state index is 0.306. The number of carboxylic acid groups (broad SMARTS) is 1. The quantitative estimate of drug-likeness (QED) is 0.832. The average Bonchev–Trinajstić information content (AvgIpc) is 2.62. The number of fused-ring (bicyclic) bond motifs is 1. The second kappa shape index (κ2) is 4.13. The summed E-state index contributed by atoms with van der Waals surface area (Å²) in [5.74, 6) is -0.173. The Hall–Kier alpha value is -0.830. The second-order valence-electron chi connectivity index (χ2n) is 3.82. The number of aryl methyl sites for hydroxylation is 1. The average molecular weight is 210 g/mol. The molecule has 0 bridgehead atoms. The van der Waals surface area contributed by atoms with Gasteiger partial charge in [0.1, 0.15) is 0 Å². The Labute approximate surface area is 87.6 Å². The Kier molecular flexibility index (Phi) is 2.87. The number of thiophene rings is 1. The molecule has 0 aromatic carbocycles. The Bertz CT molecular complexity index is 330. The van der Waals surface area contributed by atoms with Gasteiger partial charge in [-0.05, 0) is 48.6 Å². The lowest BCUT2D eigenvalue weighted by atomic mass is 9.85. The van der Waals surface area contributed by atoms with Crippen LogP contribution in [-0.4, -0.2) is 11.1 Å². The summed E-state index contributed by atoms with van der Waals surface area (Å²) in [6.45, 7) is 0. The first-order valence-electron chi connectivity index (χ1n) is 5.05. The zero-order valence-electron chi connectivity index (χ0n) is 8.03. The molecule has 2 rings (SSSR count). The monoisotopic (exact) mass is 210 g/mol. The van der Waals surface area contributed by atoms with Gasteiger partial charge in [0.15, 0.2) is 0 Å². The van der Waals surface area contributed by atoms with Gasteiger partial charge in [0.05, 0.1) is 0 Å². The Balaban J connectivity index is 2.05. The van der Waals surface area contributed by atoms with Crippen LogP contribution >= 0.6 is 11.3 Å². The second-order valence-corrected chi connectivity index (χ2v) is 4.82. The SMILES string of the molecule is O=C(O)CCC1CCCc2sccc21. The molecule has 1 N–H and O–H groups in total. The van der Waals surface area contributed by atoms with Gasteiger partial charge in [-0.2, -0.15) is 0 Å². The lowest BCUT2D eigenvalue weighted by Gasteiger charge is -2.21. The van der Waals surface area contributed by atoms with E-state index in [1.807, 2.05) is 11.3 Å². The lowest BCUT2D eigenvalue weighted by molar-refractivity contribution is -0.137. The van der Waals surface area contributed by atoms with E-state index in [4.69, 9.17) is 5.11 Å².